The van der Waals surface area contributed by atoms with Crippen LogP contribution in [0.5, 0.6) is 0 Å². The average Bonchev–Trinajstić information content (AvgIpc) is 2.54. The van der Waals surface area contributed by atoms with Gasteiger partial charge in [0.25, 0.3) is 0 Å². The van der Waals surface area contributed by atoms with Gasteiger partial charge in [-0.15, -0.1) is 6.58 Å². The van der Waals surface area contributed by atoms with Gasteiger partial charge in [0, 0.05) is 6.54 Å². The first-order chi connectivity index (χ1) is 10.7. The minimum absolute atomic E-state index is 0.436. The van der Waals surface area contributed by atoms with Crippen LogP contribution >= 0.6 is 0 Å². The molecule has 0 saturated heterocycles. The van der Waals surface area contributed by atoms with Crippen molar-refractivity contribution < 1.29 is 10.2 Å². The van der Waals surface area contributed by atoms with E-state index in [9.17, 15) is 10.2 Å². The zero-order valence-electron chi connectivity index (χ0n) is 14.7. The summed E-state index contributed by atoms with van der Waals surface area (Å²) in [7, 11) is 0. The van der Waals surface area contributed by atoms with E-state index in [2.05, 4.69) is 18.8 Å². The predicted molar refractivity (Wildman–Crippen MR) is 96.2 cm³/mol. The molecule has 3 nitrogen and oxygen atoms in total. The summed E-state index contributed by atoms with van der Waals surface area (Å²) in [6, 6.07) is 0. The Labute approximate surface area is 138 Å². The number of aliphatic hydroxyl groups is 2. The molecule has 0 rings (SSSR count). The topological polar surface area (TPSA) is 52.5 Å². The highest BCUT2D eigenvalue weighted by molar-refractivity contribution is 4.85. The summed E-state index contributed by atoms with van der Waals surface area (Å²) in [6.45, 7) is 7.08. The molecule has 0 heterocycles. The molecule has 0 bridgehead atoms. The molecule has 132 valence electrons. The Morgan fingerprint density at radius 3 is 1.73 bits per heavy atom. The van der Waals surface area contributed by atoms with Crippen molar-refractivity contribution in [2.75, 3.05) is 13.1 Å². The lowest BCUT2D eigenvalue weighted by Gasteiger charge is -2.14. The molecule has 0 fully saturated rings. The van der Waals surface area contributed by atoms with E-state index in [-0.39, 0.29) is 0 Å². The monoisotopic (exact) mass is 313 g/mol. The molecule has 0 spiro atoms. The third kappa shape index (κ3) is 14.6. The molecule has 0 aromatic carbocycles. The van der Waals surface area contributed by atoms with E-state index in [1.807, 2.05) is 0 Å². The smallest absolute Gasteiger partial charge is 0.0989 e. The Kier molecular flexibility index (Phi) is 16.7. The van der Waals surface area contributed by atoms with Gasteiger partial charge in [-0.25, -0.2) is 0 Å². The van der Waals surface area contributed by atoms with Gasteiger partial charge < -0.3 is 15.5 Å². The summed E-state index contributed by atoms with van der Waals surface area (Å²) in [5, 5.41) is 22.0. The molecular formula is C19H39NO2. The number of aliphatic hydroxyl groups excluding tert-OH is 2. The molecule has 0 radical (unpaired) electrons. The van der Waals surface area contributed by atoms with Gasteiger partial charge in [-0.3, -0.25) is 0 Å². The summed E-state index contributed by atoms with van der Waals surface area (Å²) in [5.41, 5.74) is 0. The van der Waals surface area contributed by atoms with Crippen molar-refractivity contribution in [1.29, 1.82) is 0 Å². The van der Waals surface area contributed by atoms with Crippen LogP contribution < -0.4 is 5.32 Å². The fraction of sp³-hybridized carbons (Fsp3) is 0.895. The van der Waals surface area contributed by atoms with E-state index in [1.54, 1.807) is 0 Å². The van der Waals surface area contributed by atoms with E-state index in [1.165, 1.54) is 76.7 Å². The molecule has 0 aromatic heterocycles. The number of hydrogen-bond donors (Lipinski definition) is 3. The second-order valence-corrected chi connectivity index (χ2v) is 6.39. The third-order valence-corrected chi connectivity index (χ3v) is 4.20. The van der Waals surface area contributed by atoms with E-state index in [0.717, 1.165) is 13.0 Å². The molecule has 0 amide bonds. The Hall–Kier alpha value is -0.380. The van der Waals surface area contributed by atoms with Crippen molar-refractivity contribution >= 4 is 0 Å². The van der Waals surface area contributed by atoms with E-state index in [4.69, 9.17) is 0 Å². The average molecular weight is 314 g/mol. The molecule has 22 heavy (non-hydrogen) atoms. The van der Waals surface area contributed by atoms with E-state index >= 15 is 0 Å². The minimum Gasteiger partial charge on any atom is -0.389 e. The molecule has 0 unspecified atom stereocenters. The molecule has 3 N–H and O–H groups in total. The van der Waals surface area contributed by atoms with Crippen LogP contribution in [0.2, 0.25) is 0 Å². The second kappa shape index (κ2) is 17.0. The fourth-order valence-electron chi connectivity index (χ4n) is 2.62. The van der Waals surface area contributed by atoms with Gasteiger partial charge in [0.2, 0.25) is 0 Å². The first-order valence-electron chi connectivity index (χ1n) is 9.41. The fourth-order valence-corrected chi connectivity index (χ4v) is 2.62. The molecule has 0 aliphatic rings. The van der Waals surface area contributed by atoms with E-state index < -0.39 is 12.2 Å². The number of hydrogen-bond acceptors (Lipinski definition) is 3. The van der Waals surface area contributed by atoms with E-state index in [0.29, 0.717) is 6.54 Å². The van der Waals surface area contributed by atoms with Gasteiger partial charge in [0.1, 0.15) is 0 Å². The van der Waals surface area contributed by atoms with Crippen molar-refractivity contribution in [2.24, 2.45) is 0 Å². The molecule has 0 aromatic rings. The van der Waals surface area contributed by atoms with Gasteiger partial charge in [-0.1, -0.05) is 83.6 Å². The van der Waals surface area contributed by atoms with Crippen molar-refractivity contribution in [3.05, 3.63) is 12.7 Å². The molecule has 0 saturated carbocycles. The third-order valence-electron chi connectivity index (χ3n) is 4.20. The molecule has 3 heteroatoms. The van der Waals surface area contributed by atoms with Gasteiger partial charge >= 0.3 is 0 Å². The van der Waals surface area contributed by atoms with Crippen LogP contribution in [-0.4, -0.2) is 35.5 Å². The Balaban J connectivity index is 3.10. The highest BCUT2D eigenvalue weighted by Gasteiger charge is 2.10. The van der Waals surface area contributed by atoms with Crippen LogP contribution in [0.3, 0.4) is 0 Å². The van der Waals surface area contributed by atoms with Crippen molar-refractivity contribution in [1.82, 2.24) is 5.32 Å². The minimum atomic E-state index is -0.825. The van der Waals surface area contributed by atoms with Crippen molar-refractivity contribution in [3.8, 4) is 0 Å². The van der Waals surface area contributed by atoms with Gasteiger partial charge in [0.15, 0.2) is 0 Å². The summed E-state index contributed by atoms with van der Waals surface area (Å²) in [4.78, 5) is 0. The Bertz CT molecular complexity index is 233. The summed E-state index contributed by atoms with van der Waals surface area (Å²) < 4.78 is 0. The first-order valence-corrected chi connectivity index (χ1v) is 9.41. The molecular weight excluding hydrogens is 274 g/mol. The van der Waals surface area contributed by atoms with Gasteiger partial charge in [-0.2, -0.15) is 0 Å². The van der Waals surface area contributed by atoms with Crippen molar-refractivity contribution in [2.45, 2.75) is 96.2 Å². The Morgan fingerprint density at radius 2 is 1.27 bits per heavy atom. The maximum absolute atomic E-state index is 9.53. The maximum atomic E-state index is 9.53. The van der Waals surface area contributed by atoms with Crippen LogP contribution in [0.4, 0.5) is 0 Å². The molecule has 0 aliphatic carbocycles. The first kappa shape index (κ1) is 21.6. The summed E-state index contributed by atoms with van der Waals surface area (Å²) >= 11 is 0. The van der Waals surface area contributed by atoms with Crippen LogP contribution in [-0.2, 0) is 0 Å². The molecule has 2 atom stereocenters. The normalized spacial score (nSPS) is 14.0. The second-order valence-electron chi connectivity index (χ2n) is 6.39. The van der Waals surface area contributed by atoms with Crippen LogP contribution in [0.25, 0.3) is 0 Å². The zero-order valence-corrected chi connectivity index (χ0v) is 14.7. The predicted octanol–water partition coefficient (Wildman–Crippen LogP) is 4.18. The largest absolute Gasteiger partial charge is 0.389 e. The van der Waals surface area contributed by atoms with Gasteiger partial charge in [-0.05, 0) is 13.0 Å². The van der Waals surface area contributed by atoms with Crippen LogP contribution in [0, 0.1) is 0 Å². The highest BCUT2D eigenvalue weighted by atomic mass is 16.3. The Morgan fingerprint density at radius 1 is 0.818 bits per heavy atom. The van der Waals surface area contributed by atoms with Crippen molar-refractivity contribution in [3.63, 3.8) is 0 Å². The molecule has 0 aliphatic heterocycles. The SMILES string of the molecule is C=C[C@@H](O)[C@H](O)CNCCCCCCCCCCCCCC. The highest BCUT2D eigenvalue weighted by Crippen LogP contribution is 2.11. The lowest BCUT2D eigenvalue weighted by Crippen LogP contribution is -2.35. The number of unbranched alkanes of at least 4 members (excludes halogenated alkanes) is 11. The standard InChI is InChI=1S/C19H39NO2/c1-3-5-6-7-8-9-10-11-12-13-14-15-16-20-17-19(22)18(21)4-2/h4,18-22H,2-3,5-17H2,1H3/t18-,19-/m1/s1. The van der Waals surface area contributed by atoms with Gasteiger partial charge in [0.05, 0.1) is 12.2 Å². The summed E-state index contributed by atoms with van der Waals surface area (Å²) in [5.74, 6) is 0. The maximum Gasteiger partial charge on any atom is 0.0989 e. The zero-order chi connectivity index (χ0) is 16.5. The number of nitrogens with one attached hydrogen (secondary N) is 1. The number of rotatable bonds is 17. The lowest BCUT2D eigenvalue weighted by atomic mass is 10.1. The summed E-state index contributed by atoms with van der Waals surface area (Å²) in [6.07, 6.45) is 16.1. The van der Waals surface area contributed by atoms with Crippen LogP contribution in [0.1, 0.15) is 84.0 Å². The van der Waals surface area contributed by atoms with Crippen LogP contribution in [0.15, 0.2) is 12.7 Å². The lowest BCUT2D eigenvalue weighted by molar-refractivity contribution is 0.0494. The quantitative estimate of drug-likeness (QED) is 0.279.